The fourth-order valence-electron chi connectivity index (χ4n) is 7.64. The van der Waals surface area contributed by atoms with Crippen molar-refractivity contribution >= 4 is 75.3 Å². The molecule has 0 saturated heterocycles. The summed E-state index contributed by atoms with van der Waals surface area (Å²) in [5.41, 5.74) is 8.03. The Kier molecular flexibility index (Phi) is 6.02. The van der Waals surface area contributed by atoms with Crippen LogP contribution in [0.5, 0.6) is 0 Å². The van der Waals surface area contributed by atoms with Gasteiger partial charge in [-0.2, -0.15) is 9.97 Å². The highest BCUT2D eigenvalue weighted by Crippen LogP contribution is 2.43. The molecule has 0 aliphatic carbocycles. The van der Waals surface area contributed by atoms with E-state index in [-0.39, 0.29) is 0 Å². The number of para-hydroxylation sites is 3. The third kappa shape index (κ3) is 4.16. The van der Waals surface area contributed by atoms with Gasteiger partial charge in [0.15, 0.2) is 11.6 Å². The van der Waals surface area contributed by atoms with Crippen molar-refractivity contribution in [1.82, 2.24) is 29.1 Å². The van der Waals surface area contributed by atoms with Gasteiger partial charge in [0.2, 0.25) is 5.95 Å². The molecule has 0 unspecified atom stereocenters. The fraction of sp³-hybridized carbons (Fsp3) is 0. The molecule has 0 atom stereocenters. The first-order valence-corrected chi connectivity index (χ1v) is 17.7. The minimum absolute atomic E-state index is 0.571. The van der Waals surface area contributed by atoms with E-state index in [0.29, 0.717) is 17.6 Å². The smallest absolute Gasteiger partial charge is 0.238 e. The van der Waals surface area contributed by atoms with Gasteiger partial charge < -0.3 is 4.57 Å². The van der Waals surface area contributed by atoms with Gasteiger partial charge in [0.1, 0.15) is 0 Å². The number of fused-ring (bicyclic) bond motifs is 10. The van der Waals surface area contributed by atoms with Crippen molar-refractivity contribution in [1.29, 1.82) is 0 Å². The second-order valence-corrected chi connectivity index (χ2v) is 13.7. The first kappa shape index (κ1) is 28.2. The summed E-state index contributed by atoms with van der Waals surface area (Å²) in [5.74, 6) is 1.78. The first-order chi connectivity index (χ1) is 25.3. The van der Waals surface area contributed by atoms with E-state index in [1.54, 1.807) is 0 Å². The highest BCUT2D eigenvalue weighted by Gasteiger charge is 2.23. The molecule has 11 rings (SSSR count). The van der Waals surface area contributed by atoms with Gasteiger partial charge >= 0.3 is 0 Å². The SMILES string of the molecule is c1ccc(-c2nc(-c3ccccc3-n3c4cccnc4c4ccc5c6ccccc6sc5c43)nc(-n3c4ccccc4c4ccccc43)n2)cc1. The van der Waals surface area contributed by atoms with Crippen molar-refractivity contribution < 1.29 is 0 Å². The van der Waals surface area contributed by atoms with Crippen molar-refractivity contribution in [2.24, 2.45) is 0 Å². The summed E-state index contributed by atoms with van der Waals surface area (Å²) >= 11 is 1.83. The number of aromatic nitrogens is 6. The van der Waals surface area contributed by atoms with Crippen LogP contribution in [0.1, 0.15) is 0 Å². The van der Waals surface area contributed by atoms with Crippen LogP contribution in [-0.4, -0.2) is 29.1 Å². The van der Waals surface area contributed by atoms with Crippen molar-refractivity contribution in [3.63, 3.8) is 0 Å². The van der Waals surface area contributed by atoms with E-state index in [1.165, 1.54) is 20.2 Å². The summed E-state index contributed by atoms with van der Waals surface area (Å²) in [6.07, 6.45) is 1.88. The lowest BCUT2D eigenvalue weighted by Gasteiger charge is -2.15. The van der Waals surface area contributed by atoms with E-state index in [2.05, 4.69) is 137 Å². The molecule has 0 bridgehead atoms. The van der Waals surface area contributed by atoms with Crippen LogP contribution in [0.25, 0.3) is 98.3 Å². The number of hydrogen-bond acceptors (Lipinski definition) is 5. The highest BCUT2D eigenvalue weighted by molar-refractivity contribution is 7.26. The predicted octanol–water partition coefficient (Wildman–Crippen LogP) is 11.2. The summed E-state index contributed by atoms with van der Waals surface area (Å²) < 4.78 is 7.01. The van der Waals surface area contributed by atoms with Gasteiger partial charge in [0, 0.05) is 49.0 Å². The second kappa shape index (κ2) is 10.9. The molecule has 51 heavy (non-hydrogen) atoms. The van der Waals surface area contributed by atoms with Crippen LogP contribution >= 0.6 is 11.3 Å². The predicted molar refractivity (Wildman–Crippen MR) is 210 cm³/mol. The van der Waals surface area contributed by atoms with Gasteiger partial charge in [-0.15, -0.1) is 11.3 Å². The van der Waals surface area contributed by atoms with Gasteiger partial charge in [0.25, 0.3) is 0 Å². The molecule has 0 spiro atoms. The van der Waals surface area contributed by atoms with Crippen LogP contribution in [0.3, 0.4) is 0 Å². The molecule has 0 aliphatic rings. The molecular weight excluding hydrogens is 645 g/mol. The molecule has 0 aliphatic heterocycles. The number of pyridine rings is 1. The van der Waals surface area contributed by atoms with E-state index in [9.17, 15) is 0 Å². The topological polar surface area (TPSA) is 61.4 Å². The van der Waals surface area contributed by atoms with Crippen molar-refractivity contribution in [2.45, 2.75) is 0 Å². The average molecular weight is 671 g/mol. The number of nitrogens with zero attached hydrogens (tertiary/aromatic N) is 6. The summed E-state index contributed by atoms with van der Waals surface area (Å²) in [6.45, 7) is 0. The van der Waals surface area contributed by atoms with E-state index < -0.39 is 0 Å². The van der Waals surface area contributed by atoms with E-state index in [0.717, 1.165) is 60.6 Å². The van der Waals surface area contributed by atoms with Gasteiger partial charge in [-0.1, -0.05) is 103 Å². The molecule has 0 radical (unpaired) electrons. The molecule has 5 heterocycles. The standard InChI is InChI=1S/C44H26N6S/c1-2-13-27(14-3-1)42-46-43(48-44(47-42)50-34-19-8-4-15-28(34)29-16-5-9-20-35(29)50)32-18-6-10-21-36(32)49-37-22-12-26-45-39(37)33-25-24-31-30-17-7-11-23-38(30)51-41(31)40(33)49/h1-26H. The molecule has 11 aromatic rings. The quantitative estimate of drug-likeness (QED) is 0.187. The molecule has 0 fully saturated rings. The van der Waals surface area contributed by atoms with Gasteiger partial charge in [0.05, 0.1) is 38.0 Å². The zero-order valence-electron chi connectivity index (χ0n) is 27.1. The van der Waals surface area contributed by atoms with Gasteiger partial charge in [-0.25, -0.2) is 4.98 Å². The Labute approximate surface area is 295 Å². The lowest BCUT2D eigenvalue weighted by molar-refractivity contribution is 0.952. The Morgan fingerprint density at radius 1 is 0.451 bits per heavy atom. The molecule has 5 aromatic heterocycles. The maximum atomic E-state index is 5.31. The fourth-order valence-corrected chi connectivity index (χ4v) is 8.88. The average Bonchev–Trinajstić information content (AvgIpc) is 3.86. The van der Waals surface area contributed by atoms with Crippen LogP contribution in [-0.2, 0) is 0 Å². The maximum absolute atomic E-state index is 5.31. The minimum Gasteiger partial charge on any atom is -0.305 e. The van der Waals surface area contributed by atoms with E-state index in [1.807, 2.05) is 41.8 Å². The molecule has 238 valence electrons. The molecule has 0 N–H and O–H groups in total. The lowest BCUT2D eigenvalue weighted by Crippen LogP contribution is -2.07. The molecule has 0 amide bonds. The Morgan fingerprint density at radius 2 is 1.10 bits per heavy atom. The molecule has 6 nitrogen and oxygen atoms in total. The van der Waals surface area contributed by atoms with Crippen LogP contribution in [0.2, 0.25) is 0 Å². The molecule has 0 saturated carbocycles. The third-order valence-electron chi connectivity index (χ3n) is 9.85. The zero-order chi connectivity index (χ0) is 33.5. The van der Waals surface area contributed by atoms with Crippen molar-refractivity contribution in [3.05, 3.63) is 158 Å². The van der Waals surface area contributed by atoms with Crippen LogP contribution in [0.15, 0.2) is 158 Å². The summed E-state index contributed by atoms with van der Waals surface area (Å²) in [5, 5.41) is 5.93. The van der Waals surface area contributed by atoms with E-state index in [4.69, 9.17) is 19.9 Å². The Bertz CT molecular complexity index is 3100. The van der Waals surface area contributed by atoms with Crippen LogP contribution in [0, 0.1) is 0 Å². The Hall–Kier alpha value is -6.70. The summed E-state index contributed by atoms with van der Waals surface area (Å²) in [6, 6.07) is 52.8. The van der Waals surface area contributed by atoms with Crippen LogP contribution in [0.4, 0.5) is 0 Å². The number of thiophene rings is 1. The second-order valence-electron chi connectivity index (χ2n) is 12.7. The van der Waals surface area contributed by atoms with Crippen molar-refractivity contribution in [2.75, 3.05) is 0 Å². The van der Waals surface area contributed by atoms with Crippen LogP contribution < -0.4 is 0 Å². The Balaban J connectivity index is 1.24. The van der Waals surface area contributed by atoms with Crippen molar-refractivity contribution in [3.8, 4) is 34.4 Å². The van der Waals surface area contributed by atoms with Gasteiger partial charge in [-0.3, -0.25) is 9.55 Å². The van der Waals surface area contributed by atoms with E-state index >= 15 is 0 Å². The number of rotatable bonds is 4. The normalized spacial score (nSPS) is 11.9. The maximum Gasteiger partial charge on any atom is 0.238 e. The summed E-state index contributed by atoms with van der Waals surface area (Å²) in [4.78, 5) is 20.6. The highest BCUT2D eigenvalue weighted by atomic mass is 32.1. The zero-order valence-corrected chi connectivity index (χ0v) is 27.9. The Morgan fingerprint density at radius 3 is 1.92 bits per heavy atom. The first-order valence-electron chi connectivity index (χ1n) is 16.9. The number of hydrogen-bond donors (Lipinski definition) is 0. The molecular formula is C44H26N6S. The molecule has 6 aromatic carbocycles. The molecule has 7 heteroatoms. The number of benzene rings is 6. The largest absolute Gasteiger partial charge is 0.305 e. The third-order valence-corrected chi connectivity index (χ3v) is 11.0. The minimum atomic E-state index is 0.571. The monoisotopic (exact) mass is 670 g/mol. The van der Waals surface area contributed by atoms with Gasteiger partial charge in [-0.05, 0) is 48.5 Å². The summed E-state index contributed by atoms with van der Waals surface area (Å²) in [7, 11) is 0. The lowest BCUT2D eigenvalue weighted by atomic mass is 10.1.